The van der Waals surface area contributed by atoms with Crippen LogP contribution in [0.2, 0.25) is 0 Å². The Kier molecular flexibility index (Phi) is 4.54. The summed E-state index contributed by atoms with van der Waals surface area (Å²) >= 11 is 0. The van der Waals surface area contributed by atoms with Crippen LogP contribution in [0.25, 0.3) is 6.08 Å². The zero-order chi connectivity index (χ0) is 14.5. The largest absolute Gasteiger partial charge is 0.378 e. The summed E-state index contributed by atoms with van der Waals surface area (Å²) in [5.74, 6) is -0.212. The van der Waals surface area contributed by atoms with Gasteiger partial charge in [0.1, 0.15) is 11.6 Å². The van der Waals surface area contributed by atoms with E-state index in [0.29, 0.717) is 26.3 Å². The van der Waals surface area contributed by atoms with E-state index >= 15 is 0 Å². The van der Waals surface area contributed by atoms with Crippen LogP contribution in [0.15, 0.2) is 23.8 Å². The molecule has 1 aliphatic heterocycles. The SMILES string of the molecule is Cc1ccc(/C=C(\C#N)C(=O)N2CCOCC2)c(C)c1. The molecule has 0 bridgehead atoms. The molecule has 1 saturated heterocycles. The van der Waals surface area contributed by atoms with Gasteiger partial charge in [0, 0.05) is 13.1 Å². The van der Waals surface area contributed by atoms with Gasteiger partial charge in [-0.15, -0.1) is 0 Å². The molecule has 1 heterocycles. The Morgan fingerprint density at radius 2 is 2.05 bits per heavy atom. The number of ether oxygens (including phenoxy) is 1. The molecule has 0 saturated carbocycles. The van der Waals surface area contributed by atoms with E-state index in [0.717, 1.165) is 16.7 Å². The highest BCUT2D eigenvalue weighted by Crippen LogP contribution is 2.16. The number of carbonyl (C=O) groups is 1. The molecular weight excluding hydrogens is 252 g/mol. The standard InChI is InChI=1S/C16H18N2O2/c1-12-3-4-14(13(2)9-12)10-15(11-17)16(19)18-5-7-20-8-6-18/h3-4,9-10H,5-8H2,1-2H3/b15-10+. The van der Waals surface area contributed by atoms with Gasteiger partial charge in [0.25, 0.3) is 5.91 Å². The normalized spacial score (nSPS) is 15.8. The minimum atomic E-state index is -0.212. The molecule has 0 aromatic heterocycles. The molecule has 20 heavy (non-hydrogen) atoms. The van der Waals surface area contributed by atoms with Crippen LogP contribution in [0.5, 0.6) is 0 Å². The molecule has 0 spiro atoms. The van der Waals surface area contributed by atoms with E-state index in [1.54, 1.807) is 11.0 Å². The number of hydrogen-bond acceptors (Lipinski definition) is 3. The van der Waals surface area contributed by atoms with Crippen molar-refractivity contribution in [1.82, 2.24) is 4.90 Å². The number of amides is 1. The van der Waals surface area contributed by atoms with Gasteiger partial charge in [0.05, 0.1) is 13.2 Å². The van der Waals surface area contributed by atoms with Crippen molar-refractivity contribution in [1.29, 1.82) is 5.26 Å². The maximum absolute atomic E-state index is 12.3. The van der Waals surface area contributed by atoms with Gasteiger partial charge >= 0.3 is 0 Å². The second-order valence-corrected chi connectivity index (χ2v) is 4.93. The van der Waals surface area contributed by atoms with Gasteiger partial charge < -0.3 is 9.64 Å². The number of rotatable bonds is 2. The van der Waals surface area contributed by atoms with Gasteiger partial charge in [0.2, 0.25) is 0 Å². The van der Waals surface area contributed by atoms with Crippen molar-refractivity contribution < 1.29 is 9.53 Å². The van der Waals surface area contributed by atoms with Crippen LogP contribution in [0.4, 0.5) is 0 Å². The van der Waals surface area contributed by atoms with Crippen molar-refractivity contribution in [2.24, 2.45) is 0 Å². The average molecular weight is 270 g/mol. The summed E-state index contributed by atoms with van der Waals surface area (Å²) in [7, 11) is 0. The zero-order valence-electron chi connectivity index (χ0n) is 11.8. The van der Waals surface area contributed by atoms with E-state index in [1.165, 1.54) is 0 Å². The lowest BCUT2D eigenvalue weighted by Gasteiger charge is -2.26. The van der Waals surface area contributed by atoms with E-state index < -0.39 is 0 Å². The summed E-state index contributed by atoms with van der Waals surface area (Å²) in [6.45, 7) is 6.16. The van der Waals surface area contributed by atoms with Crippen LogP contribution in [0.3, 0.4) is 0 Å². The van der Waals surface area contributed by atoms with Gasteiger partial charge in [-0.2, -0.15) is 5.26 Å². The first-order valence-electron chi connectivity index (χ1n) is 6.68. The minimum absolute atomic E-state index is 0.179. The van der Waals surface area contributed by atoms with Gasteiger partial charge in [-0.1, -0.05) is 23.8 Å². The van der Waals surface area contributed by atoms with E-state index in [1.807, 2.05) is 38.1 Å². The summed E-state index contributed by atoms with van der Waals surface area (Å²) in [5.41, 5.74) is 3.32. The molecule has 0 aliphatic carbocycles. The molecule has 1 aliphatic rings. The summed E-state index contributed by atoms with van der Waals surface area (Å²) < 4.78 is 5.22. The van der Waals surface area contributed by atoms with Gasteiger partial charge in [-0.3, -0.25) is 4.79 Å². The Morgan fingerprint density at radius 1 is 1.35 bits per heavy atom. The smallest absolute Gasteiger partial charge is 0.264 e. The van der Waals surface area contributed by atoms with Gasteiger partial charge in [-0.25, -0.2) is 0 Å². The number of carbonyl (C=O) groups excluding carboxylic acids is 1. The Hall–Kier alpha value is -2.12. The Bertz CT molecular complexity index is 579. The lowest BCUT2D eigenvalue weighted by atomic mass is 10.0. The first-order valence-corrected chi connectivity index (χ1v) is 6.68. The first-order chi connectivity index (χ1) is 9.61. The minimum Gasteiger partial charge on any atom is -0.378 e. The van der Waals surface area contributed by atoms with Gasteiger partial charge in [-0.05, 0) is 31.1 Å². The van der Waals surface area contributed by atoms with Crippen molar-refractivity contribution in [3.05, 3.63) is 40.5 Å². The molecule has 4 nitrogen and oxygen atoms in total. The van der Waals surface area contributed by atoms with Crippen molar-refractivity contribution in [3.63, 3.8) is 0 Å². The maximum Gasteiger partial charge on any atom is 0.264 e. The Balaban J connectivity index is 2.24. The van der Waals surface area contributed by atoms with E-state index in [4.69, 9.17) is 4.74 Å². The molecule has 4 heteroatoms. The number of hydrogen-bond donors (Lipinski definition) is 0. The molecule has 0 radical (unpaired) electrons. The molecule has 1 amide bonds. The lowest BCUT2D eigenvalue weighted by Crippen LogP contribution is -2.41. The van der Waals surface area contributed by atoms with Crippen LogP contribution in [-0.2, 0) is 9.53 Å². The van der Waals surface area contributed by atoms with Crippen LogP contribution in [0, 0.1) is 25.2 Å². The molecule has 104 valence electrons. The summed E-state index contributed by atoms with van der Waals surface area (Å²) in [5, 5.41) is 9.24. The topological polar surface area (TPSA) is 53.3 Å². The second-order valence-electron chi connectivity index (χ2n) is 4.93. The van der Waals surface area contributed by atoms with Crippen LogP contribution < -0.4 is 0 Å². The zero-order valence-corrected chi connectivity index (χ0v) is 11.8. The van der Waals surface area contributed by atoms with Crippen LogP contribution >= 0.6 is 0 Å². The molecular formula is C16H18N2O2. The van der Waals surface area contributed by atoms with Crippen LogP contribution in [-0.4, -0.2) is 37.1 Å². The third-order valence-corrected chi connectivity index (χ3v) is 3.37. The highest BCUT2D eigenvalue weighted by molar-refractivity contribution is 6.01. The fraction of sp³-hybridized carbons (Fsp3) is 0.375. The first kappa shape index (κ1) is 14.3. The fourth-order valence-electron chi connectivity index (χ4n) is 2.22. The molecule has 0 unspecified atom stereocenters. The highest BCUT2D eigenvalue weighted by atomic mass is 16.5. The van der Waals surface area contributed by atoms with Crippen LogP contribution in [0.1, 0.15) is 16.7 Å². The molecule has 2 rings (SSSR count). The van der Waals surface area contributed by atoms with Crippen molar-refractivity contribution in [3.8, 4) is 6.07 Å². The predicted molar refractivity (Wildman–Crippen MR) is 76.9 cm³/mol. The molecule has 0 atom stereocenters. The quantitative estimate of drug-likeness (QED) is 0.610. The number of nitriles is 1. The van der Waals surface area contributed by atoms with Crippen molar-refractivity contribution in [2.45, 2.75) is 13.8 Å². The predicted octanol–water partition coefficient (Wildman–Crippen LogP) is 2.07. The molecule has 0 N–H and O–H groups in total. The van der Waals surface area contributed by atoms with Crippen molar-refractivity contribution in [2.75, 3.05) is 26.3 Å². The Morgan fingerprint density at radius 3 is 2.65 bits per heavy atom. The fourth-order valence-corrected chi connectivity index (χ4v) is 2.22. The number of nitrogens with zero attached hydrogens (tertiary/aromatic N) is 2. The van der Waals surface area contributed by atoms with E-state index in [-0.39, 0.29) is 11.5 Å². The molecule has 1 aromatic carbocycles. The maximum atomic E-state index is 12.3. The molecule has 1 fully saturated rings. The van der Waals surface area contributed by atoms with Gasteiger partial charge in [0.15, 0.2) is 0 Å². The second kappa shape index (κ2) is 6.36. The van der Waals surface area contributed by atoms with E-state index in [2.05, 4.69) is 0 Å². The summed E-state index contributed by atoms with van der Waals surface area (Å²) in [4.78, 5) is 14.0. The highest BCUT2D eigenvalue weighted by Gasteiger charge is 2.20. The lowest BCUT2D eigenvalue weighted by molar-refractivity contribution is -0.130. The van der Waals surface area contributed by atoms with E-state index in [9.17, 15) is 10.1 Å². The summed E-state index contributed by atoms with van der Waals surface area (Å²) in [6.07, 6.45) is 1.67. The summed E-state index contributed by atoms with van der Waals surface area (Å²) in [6, 6.07) is 7.98. The third-order valence-electron chi connectivity index (χ3n) is 3.37. The number of morpholine rings is 1. The monoisotopic (exact) mass is 270 g/mol. The Labute approximate surface area is 119 Å². The third kappa shape index (κ3) is 3.25. The number of benzene rings is 1. The average Bonchev–Trinajstić information content (AvgIpc) is 2.47. The van der Waals surface area contributed by atoms with Crippen molar-refractivity contribution >= 4 is 12.0 Å². The number of aryl methyl sites for hydroxylation is 2. The molecule has 1 aromatic rings.